The Morgan fingerprint density at radius 2 is 2.26 bits per heavy atom. The van der Waals surface area contributed by atoms with Gasteiger partial charge >= 0.3 is 0 Å². The van der Waals surface area contributed by atoms with Crippen LogP contribution in [0.5, 0.6) is 0 Å². The maximum absolute atomic E-state index is 5.10. The van der Waals surface area contributed by atoms with Gasteiger partial charge < -0.3 is 15.0 Å². The zero-order valence-corrected chi connectivity index (χ0v) is 13.1. The highest BCUT2D eigenvalue weighted by Crippen LogP contribution is 2.27. The number of nitrogens with one attached hydrogen (secondary N) is 1. The van der Waals surface area contributed by atoms with Crippen LogP contribution in [0.1, 0.15) is 36.8 Å². The Labute approximate surface area is 120 Å². The van der Waals surface area contributed by atoms with Crippen molar-refractivity contribution in [2.45, 2.75) is 45.2 Å². The van der Waals surface area contributed by atoms with Crippen molar-refractivity contribution in [3.05, 3.63) is 10.6 Å². The zero-order valence-electron chi connectivity index (χ0n) is 12.2. The van der Waals surface area contributed by atoms with Crippen molar-refractivity contribution in [3.8, 4) is 0 Å². The van der Waals surface area contributed by atoms with Gasteiger partial charge in [-0.1, -0.05) is 6.92 Å². The lowest BCUT2D eigenvalue weighted by Gasteiger charge is -2.14. The molecule has 0 spiro atoms. The van der Waals surface area contributed by atoms with E-state index in [2.05, 4.69) is 24.2 Å². The Morgan fingerprint density at radius 3 is 2.89 bits per heavy atom. The van der Waals surface area contributed by atoms with E-state index in [0.29, 0.717) is 0 Å². The zero-order chi connectivity index (χ0) is 13.7. The highest BCUT2D eigenvalue weighted by Gasteiger charge is 2.21. The molecule has 0 aromatic carbocycles. The summed E-state index contributed by atoms with van der Waals surface area (Å²) < 4.78 is 5.10. The molecule has 19 heavy (non-hydrogen) atoms. The molecule has 0 saturated heterocycles. The summed E-state index contributed by atoms with van der Waals surface area (Å²) in [6.45, 7) is 4.98. The molecule has 0 radical (unpaired) electrons. The average Bonchev–Trinajstić information content (AvgIpc) is 3.15. The number of methoxy groups -OCH3 is 1. The minimum absolute atomic E-state index is 0.759. The van der Waals surface area contributed by atoms with Crippen LogP contribution >= 0.6 is 11.3 Å². The third-order valence-electron chi connectivity index (χ3n) is 3.40. The lowest BCUT2D eigenvalue weighted by atomic mass is 10.3. The molecule has 2 rings (SSSR count). The molecule has 1 saturated carbocycles. The van der Waals surface area contributed by atoms with Gasteiger partial charge in [0, 0.05) is 44.8 Å². The smallest absolute Gasteiger partial charge is 0.185 e. The molecule has 0 atom stereocenters. The fourth-order valence-corrected chi connectivity index (χ4v) is 3.10. The number of aromatic nitrogens is 1. The van der Waals surface area contributed by atoms with Gasteiger partial charge in [-0.25, -0.2) is 4.98 Å². The van der Waals surface area contributed by atoms with Gasteiger partial charge in [0.05, 0.1) is 5.69 Å². The fourth-order valence-electron chi connectivity index (χ4n) is 2.01. The molecule has 108 valence electrons. The van der Waals surface area contributed by atoms with Crippen LogP contribution in [0.2, 0.25) is 0 Å². The summed E-state index contributed by atoms with van der Waals surface area (Å²) in [5.41, 5.74) is 1.26. The number of ether oxygens (including phenoxy) is 1. The molecule has 0 bridgehead atoms. The summed E-state index contributed by atoms with van der Waals surface area (Å²) in [4.78, 5) is 8.41. The highest BCUT2D eigenvalue weighted by molar-refractivity contribution is 7.15. The lowest BCUT2D eigenvalue weighted by molar-refractivity contribution is 0.196. The molecule has 1 aromatic rings. The number of anilines is 1. The largest absolute Gasteiger partial charge is 0.385 e. The van der Waals surface area contributed by atoms with Crippen LogP contribution in [0.15, 0.2) is 0 Å². The van der Waals surface area contributed by atoms with Crippen LogP contribution in [-0.4, -0.2) is 38.3 Å². The SMILES string of the molecule is CCc1nc(N(C)CCCOC)sc1CNC1CC1. The van der Waals surface area contributed by atoms with E-state index >= 15 is 0 Å². The first-order valence-corrected chi connectivity index (χ1v) is 7.98. The average molecular weight is 283 g/mol. The summed E-state index contributed by atoms with van der Waals surface area (Å²) in [6.07, 6.45) is 4.74. The molecule has 1 heterocycles. The summed E-state index contributed by atoms with van der Waals surface area (Å²) in [5.74, 6) is 0. The van der Waals surface area contributed by atoms with Crippen LogP contribution < -0.4 is 10.2 Å². The van der Waals surface area contributed by atoms with Crippen molar-refractivity contribution < 1.29 is 4.74 Å². The molecule has 1 N–H and O–H groups in total. The van der Waals surface area contributed by atoms with E-state index in [1.54, 1.807) is 7.11 Å². The van der Waals surface area contributed by atoms with Gasteiger partial charge in [0.1, 0.15) is 0 Å². The second kappa shape index (κ2) is 7.22. The molecule has 1 aliphatic rings. The number of thiazole rings is 1. The van der Waals surface area contributed by atoms with Crippen LogP contribution in [-0.2, 0) is 17.7 Å². The van der Waals surface area contributed by atoms with Gasteiger partial charge in [-0.2, -0.15) is 0 Å². The monoisotopic (exact) mass is 283 g/mol. The first-order valence-electron chi connectivity index (χ1n) is 7.16. The van der Waals surface area contributed by atoms with Crippen molar-refractivity contribution in [1.82, 2.24) is 10.3 Å². The van der Waals surface area contributed by atoms with Crippen molar-refractivity contribution in [1.29, 1.82) is 0 Å². The third kappa shape index (κ3) is 4.44. The first-order chi connectivity index (χ1) is 9.24. The Morgan fingerprint density at radius 1 is 1.47 bits per heavy atom. The first kappa shape index (κ1) is 14.8. The maximum atomic E-state index is 5.10. The molecule has 1 aromatic heterocycles. The standard InChI is InChI=1S/C14H25N3OS/c1-4-12-13(10-15-11-6-7-11)19-14(16-12)17(2)8-5-9-18-3/h11,15H,4-10H2,1-3H3. The van der Waals surface area contributed by atoms with Crippen LogP contribution in [0.4, 0.5) is 5.13 Å². The van der Waals surface area contributed by atoms with E-state index in [-0.39, 0.29) is 0 Å². The third-order valence-corrected chi connectivity index (χ3v) is 4.61. The van der Waals surface area contributed by atoms with E-state index in [0.717, 1.165) is 43.7 Å². The van der Waals surface area contributed by atoms with Gasteiger partial charge in [0.25, 0.3) is 0 Å². The number of nitrogens with zero attached hydrogens (tertiary/aromatic N) is 2. The summed E-state index contributed by atoms with van der Waals surface area (Å²) >= 11 is 1.83. The van der Waals surface area contributed by atoms with E-state index < -0.39 is 0 Å². The van der Waals surface area contributed by atoms with Gasteiger partial charge in [0.15, 0.2) is 5.13 Å². The normalized spacial score (nSPS) is 14.9. The molecule has 4 nitrogen and oxygen atoms in total. The van der Waals surface area contributed by atoms with Gasteiger partial charge in [-0.3, -0.25) is 0 Å². The minimum Gasteiger partial charge on any atom is -0.385 e. The molecule has 5 heteroatoms. The minimum atomic E-state index is 0.759. The molecular formula is C14H25N3OS. The molecule has 0 amide bonds. The number of aryl methyl sites for hydroxylation is 1. The summed E-state index contributed by atoms with van der Waals surface area (Å²) in [5, 5.41) is 4.72. The van der Waals surface area contributed by atoms with Crippen molar-refractivity contribution in [3.63, 3.8) is 0 Å². The Hall–Kier alpha value is -0.650. The number of hydrogen-bond acceptors (Lipinski definition) is 5. The summed E-state index contributed by atoms with van der Waals surface area (Å²) in [6, 6.07) is 0.759. The Kier molecular flexibility index (Phi) is 5.60. The van der Waals surface area contributed by atoms with Crippen LogP contribution in [0.3, 0.4) is 0 Å². The topological polar surface area (TPSA) is 37.4 Å². The van der Waals surface area contributed by atoms with Gasteiger partial charge in [-0.15, -0.1) is 11.3 Å². The van der Waals surface area contributed by atoms with E-state index in [9.17, 15) is 0 Å². The van der Waals surface area contributed by atoms with Crippen LogP contribution in [0.25, 0.3) is 0 Å². The predicted molar refractivity (Wildman–Crippen MR) is 81.1 cm³/mol. The van der Waals surface area contributed by atoms with Crippen molar-refractivity contribution >= 4 is 16.5 Å². The second-order valence-electron chi connectivity index (χ2n) is 5.14. The molecular weight excluding hydrogens is 258 g/mol. The molecule has 1 aliphatic carbocycles. The molecule has 0 aliphatic heterocycles. The van der Waals surface area contributed by atoms with Crippen LogP contribution in [0, 0.1) is 0 Å². The number of hydrogen-bond donors (Lipinski definition) is 1. The fraction of sp³-hybridized carbons (Fsp3) is 0.786. The second-order valence-corrected chi connectivity index (χ2v) is 6.21. The van der Waals surface area contributed by atoms with Crippen molar-refractivity contribution in [2.75, 3.05) is 32.2 Å². The Bertz CT molecular complexity index is 390. The van der Waals surface area contributed by atoms with Gasteiger partial charge in [0.2, 0.25) is 0 Å². The lowest BCUT2D eigenvalue weighted by Crippen LogP contribution is -2.19. The Balaban J connectivity index is 1.91. The maximum Gasteiger partial charge on any atom is 0.185 e. The van der Waals surface area contributed by atoms with E-state index in [1.807, 2.05) is 11.3 Å². The predicted octanol–water partition coefficient (Wildman–Crippen LogP) is 2.43. The highest BCUT2D eigenvalue weighted by atomic mass is 32.1. The molecule has 0 unspecified atom stereocenters. The van der Waals surface area contributed by atoms with E-state index in [4.69, 9.17) is 9.72 Å². The van der Waals surface area contributed by atoms with Crippen molar-refractivity contribution in [2.24, 2.45) is 0 Å². The van der Waals surface area contributed by atoms with Gasteiger partial charge in [-0.05, 0) is 25.7 Å². The summed E-state index contributed by atoms with van der Waals surface area (Å²) in [7, 11) is 3.87. The quantitative estimate of drug-likeness (QED) is 0.706. The van der Waals surface area contributed by atoms with E-state index in [1.165, 1.54) is 23.4 Å². The number of rotatable bonds is 9. The molecule has 1 fully saturated rings.